The van der Waals surface area contributed by atoms with Crippen molar-refractivity contribution in [1.82, 2.24) is 20.1 Å². The Balaban J connectivity index is 2.04. The van der Waals surface area contributed by atoms with Crippen LogP contribution >= 0.6 is 11.6 Å². The van der Waals surface area contributed by atoms with Crippen LogP contribution in [0.4, 0.5) is 0 Å². The molecule has 3 aromatic rings. The molecule has 140 valence electrons. The average molecular weight is 387 g/mol. The van der Waals surface area contributed by atoms with Crippen LogP contribution < -0.4 is 10.1 Å². The highest BCUT2D eigenvalue weighted by Crippen LogP contribution is 2.25. The molecule has 0 aliphatic heterocycles. The fourth-order valence-corrected chi connectivity index (χ4v) is 2.69. The van der Waals surface area contributed by atoms with E-state index < -0.39 is 5.91 Å². The molecule has 0 unspecified atom stereocenters. The number of aliphatic hydroxyl groups is 1. The summed E-state index contributed by atoms with van der Waals surface area (Å²) in [5, 5.41) is 16.3. The molecule has 0 spiro atoms. The summed E-state index contributed by atoms with van der Waals surface area (Å²) in [6.07, 6.45) is 0. The fourth-order valence-electron chi connectivity index (χ4n) is 2.50. The summed E-state index contributed by atoms with van der Waals surface area (Å²) in [5.41, 5.74) is 1.45. The second kappa shape index (κ2) is 8.66. The van der Waals surface area contributed by atoms with Crippen LogP contribution in [0, 0.1) is 0 Å². The van der Waals surface area contributed by atoms with Gasteiger partial charge in [0.2, 0.25) is 5.82 Å². The first kappa shape index (κ1) is 18.9. The van der Waals surface area contributed by atoms with Crippen molar-refractivity contribution in [2.45, 2.75) is 6.92 Å². The molecule has 1 aromatic heterocycles. The molecular formula is C19H19ClN4O3. The van der Waals surface area contributed by atoms with Crippen molar-refractivity contribution in [2.24, 2.45) is 0 Å². The standard InChI is InChI=1S/C19H19ClN4O3/c1-2-27-16-8-6-15(7-9-16)24-18(13-4-3-5-14(20)12-13)22-17(23-24)19(26)21-10-11-25/h3-9,12,25H,2,10-11H2,1H3,(H,21,26). The number of carbonyl (C=O) groups is 1. The molecular weight excluding hydrogens is 368 g/mol. The zero-order valence-electron chi connectivity index (χ0n) is 14.7. The van der Waals surface area contributed by atoms with Gasteiger partial charge in [0.05, 0.1) is 18.9 Å². The first-order valence-corrected chi connectivity index (χ1v) is 8.85. The van der Waals surface area contributed by atoms with E-state index in [1.807, 2.05) is 37.3 Å². The third kappa shape index (κ3) is 4.45. The minimum absolute atomic E-state index is 0.00677. The molecule has 1 heterocycles. The second-order valence-corrected chi connectivity index (χ2v) is 6.02. The first-order valence-electron chi connectivity index (χ1n) is 8.47. The summed E-state index contributed by atoms with van der Waals surface area (Å²) in [4.78, 5) is 16.6. The molecule has 8 heteroatoms. The maximum absolute atomic E-state index is 12.2. The van der Waals surface area contributed by atoms with Crippen LogP contribution in [0.25, 0.3) is 17.1 Å². The van der Waals surface area contributed by atoms with E-state index in [9.17, 15) is 4.79 Å². The molecule has 0 bridgehead atoms. The summed E-state index contributed by atoms with van der Waals surface area (Å²) in [5.74, 6) is 0.770. The average Bonchev–Trinajstić information content (AvgIpc) is 3.12. The third-order valence-electron chi connectivity index (χ3n) is 3.68. The Bertz CT molecular complexity index is 925. The first-order chi connectivity index (χ1) is 13.1. The molecule has 0 saturated heterocycles. The molecule has 0 radical (unpaired) electrons. The molecule has 2 aromatic carbocycles. The third-order valence-corrected chi connectivity index (χ3v) is 3.92. The van der Waals surface area contributed by atoms with Gasteiger partial charge in [0.15, 0.2) is 5.82 Å². The van der Waals surface area contributed by atoms with E-state index in [0.29, 0.717) is 17.5 Å². The number of ether oxygens (including phenoxy) is 1. The topological polar surface area (TPSA) is 89.3 Å². The van der Waals surface area contributed by atoms with Crippen LogP contribution in [0.1, 0.15) is 17.5 Å². The van der Waals surface area contributed by atoms with Gasteiger partial charge in [-0.1, -0.05) is 23.7 Å². The molecule has 1 amide bonds. The highest BCUT2D eigenvalue weighted by Gasteiger charge is 2.18. The summed E-state index contributed by atoms with van der Waals surface area (Å²) in [7, 11) is 0. The molecule has 0 saturated carbocycles. The molecule has 0 fully saturated rings. The van der Waals surface area contributed by atoms with E-state index in [1.54, 1.807) is 22.9 Å². The number of nitrogens with one attached hydrogen (secondary N) is 1. The summed E-state index contributed by atoms with van der Waals surface area (Å²) >= 11 is 6.11. The highest BCUT2D eigenvalue weighted by atomic mass is 35.5. The SMILES string of the molecule is CCOc1ccc(-n2nc(C(=O)NCCO)nc2-c2cccc(Cl)c2)cc1. The van der Waals surface area contributed by atoms with Gasteiger partial charge >= 0.3 is 0 Å². The molecule has 0 aliphatic carbocycles. The van der Waals surface area contributed by atoms with Crippen LogP contribution in [-0.2, 0) is 0 Å². The van der Waals surface area contributed by atoms with E-state index in [0.717, 1.165) is 17.0 Å². The van der Waals surface area contributed by atoms with Crippen molar-refractivity contribution in [1.29, 1.82) is 0 Å². The van der Waals surface area contributed by atoms with Gasteiger partial charge in [-0.15, -0.1) is 5.10 Å². The number of aliphatic hydroxyl groups excluding tert-OH is 1. The van der Waals surface area contributed by atoms with Crippen LogP contribution in [0.2, 0.25) is 5.02 Å². The minimum atomic E-state index is -0.461. The second-order valence-electron chi connectivity index (χ2n) is 5.59. The maximum Gasteiger partial charge on any atom is 0.291 e. The van der Waals surface area contributed by atoms with Gasteiger partial charge in [-0.2, -0.15) is 0 Å². The number of nitrogens with zero attached hydrogens (tertiary/aromatic N) is 3. The number of benzene rings is 2. The number of hydrogen-bond acceptors (Lipinski definition) is 5. The Morgan fingerprint density at radius 2 is 2.04 bits per heavy atom. The Morgan fingerprint density at radius 1 is 1.26 bits per heavy atom. The number of halogens is 1. The number of carbonyl (C=O) groups excluding carboxylic acids is 1. The summed E-state index contributed by atoms with van der Waals surface area (Å²) in [6, 6.07) is 14.5. The van der Waals surface area contributed by atoms with Gasteiger partial charge in [0.1, 0.15) is 5.75 Å². The summed E-state index contributed by atoms with van der Waals surface area (Å²) < 4.78 is 7.04. The molecule has 7 nitrogen and oxygen atoms in total. The Hall–Kier alpha value is -2.90. The Morgan fingerprint density at radius 3 is 2.70 bits per heavy atom. The van der Waals surface area contributed by atoms with E-state index in [2.05, 4.69) is 15.4 Å². The van der Waals surface area contributed by atoms with Crippen LogP contribution in [0.5, 0.6) is 5.75 Å². The number of amides is 1. The largest absolute Gasteiger partial charge is 0.494 e. The summed E-state index contributed by atoms with van der Waals surface area (Å²) in [6.45, 7) is 2.46. The predicted molar refractivity (Wildman–Crippen MR) is 102 cm³/mol. The molecule has 27 heavy (non-hydrogen) atoms. The highest BCUT2D eigenvalue weighted by molar-refractivity contribution is 6.30. The van der Waals surface area contributed by atoms with Gasteiger partial charge < -0.3 is 15.2 Å². The van der Waals surface area contributed by atoms with Gasteiger partial charge in [-0.3, -0.25) is 4.79 Å². The number of rotatable bonds is 7. The molecule has 0 aliphatic rings. The van der Waals surface area contributed by atoms with Crippen LogP contribution in [0.15, 0.2) is 48.5 Å². The van der Waals surface area contributed by atoms with Crippen molar-refractivity contribution in [3.05, 3.63) is 59.4 Å². The quantitative estimate of drug-likeness (QED) is 0.651. The van der Waals surface area contributed by atoms with Crippen LogP contribution in [-0.4, -0.2) is 45.5 Å². The van der Waals surface area contributed by atoms with E-state index >= 15 is 0 Å². The maximum atomic E-state index is 12.2. The number of aromatic nitrogens is 3. The zero-order chi connectivity index (χ0) is 19.2. The molecule has 2 N–H and O–H groups in total. The minimum Gasteiger partial charge on any atom is -0.494 e. The molecule has 3 rings (SSSR count). The van der Waals surface area contributed by atoms with Gasteiger partial charge in [-0.25, -0.2) is 9.67 Å². The van der Waals surface area contributed by atoms with Gasteiger partial charge in [-0.05, 0) is 43.3 Å². The van der Waals surface area contributed by atoms with E-state index in [1.165, 1.54) is 0 Å². The smallest absolute Gasteiger partial charge is 0.291 e. The number of hydrogen-bond donors (Lipinski definition) is 2. The van der Waals surface area contributed by atoms with Crippen molar-refractivity contribution >= 4 is 17.5 Å². The van der Waals surface area contributed by atoms with E-state index in [-0.39, 0.29) is 19.0 Å². The molecule has 0 atom stereocenters. The predicted octanol–water partition coefficient (Wildman–Crippen LogP) is 2.71. The lowest BCUT2D eigenvalue weighted by atomic mass is 10.2. The van der Waals surface area contributed by atoms with Crippen molar-refractivity contribution in [2.75, 3.05) is 19.8 Å². The van der Waals surface area contributed by atoms with Crippen molar-refractivity contribution in [3.8, 4) is 22.8 Å². The van der Waals surface area contributed by atoms with Crippen molar-refractivity contribution in [3.63, 3.8) is 0 Å². The van der Waals surface area contributed by atoms with Gasteiger partial charge in [0.25, 0.3) is 5.91 Å². The lowest BCUT2D eigenvalue weighted by Crippen LogP contribution is -2.27. The van der Waals surface area contributed by atoms with Crippen molar-refractivity contribution < 1.29 is 14.6 Å². The van der Waals surface area contributed by atoms with Gasteiger partial charge in [0, 0.05) is 17.1 Å². The zero-order valence-corrected chi connectivity index (χ0v) is 15.5. The van der Waals surface area contributed by atoms with Crippen LogP contribution in [0.3, 0.4) is 0 Å². The fraction of sp³-hybridized carbons (Fsp3) is 0.211. The lowest BCUT2D eigenvalue weighted by Gasteiger charge is -2.08. The Labute approximate surface area is 161 Å². The monoisotopic (exact) mass is 386 g/mol. The Kier molecular flexibility index (Phi) is 6.05. The van der Waals surface area contributed by atoms with E-state index in [4.69, 9.17) is 21.4 Å². The lowest BCUT2D eigenvalue weighted by molar-refractivity contribution is 0.0934. The normalized spacial score (nSPS) is 10.6.